The molecule has 2 saturated heterocycles. The van der Waals surface area contributed by atoms with Crippen molar-refractivity contribution in [1.29, 1.82) is 0 Å². The van der Waals surface area contributed by atoms with E-state index in [-0.39, 0.29) is 6.03 Å². The fraction of sp³-hybridized carbons (Fsp3) is 0.933. The second kappa shape index (κ2) is 7.13. The standard InChI is InChI=1S/C15H29N3O/c1-3-17(12-14-5-4-8-16-11-14)15(19)18-9-6-13(2)7-10-18/h13-14,16H,3-12H2,1-2H3. The lowest BCUT2D eigenvalue weighted by Crippen LogP contribution is -2.49. The SMILES string of the molecule is CCN(CC1CCCNC1)C(=O)N1CCC(C)CC1. The average molecular weight is 267 g/mol. The molecule has 0 saturated carbocycles. The van der Waals surface area contributed by atoms with Crippen molar-refractivity contribution >= 4 is 6.03 Å². The Labute approximate surface area is 117 Å². The number of rotatable bonds is 3. The number of urea groups is 1. The molecule has 19 heavy (non-hydrogen) atoms. The van der Waals surface area contributed by atoms with Crippen LogP contribution in [0.15, 0.2) is 0 Å². The lowest BCUT2D eigenvalue weighted by molar-refractivity contribution is 0.127. The molecular weight excluding hydrogens is 238 g/mol. The van der Waals surface area contributed by atoms with Gasteiger partial charge >= 0.3 is 6.03 Å². The molecule has 0 aromatic carbocycles. The van der Waals surface area contributed by atoms with Crippen LogP contribution in [0.25, 0.3) is 0 Å². The molecule has 110 valence electrons. The molecule has 0 bridgehead atoms. The summed E-state index contributed by atoms with van der Waals surface area (Å²) in [7, 11) is 0. The van der Waals surface area contributed by atoms with Crippen LogP contribution in [0.1, 0.15) is 39.5 Å². The molecule has 2 aliphatic heterocycles. The fourth-order valence-corrected chi connectivity index (χ4v) is 3.13. The molecule has 4 nitrogen and oxygen atoms in total. The first-order valence-corrected chi connectivity index (χ1v) is 7.95. The molecule has 0 radical (unpaired) electrons. The van der Waals surface area contributed by atoms with Crippen LogP contribution >= 0.6 is 0 Å². The maximum atomic E-state index is 12.5. The minimum Gasteiger partial charge on any atom is -0.325 e. The van der Waals surface area contributed by atoms with E-state index in [1.54, 1.807) is 0 Å². The minimum atomic E-state index is 0.264. The molecule has 1 atom stereocenters. The van der Waals surface area contributed by atoms with E-state index >= 15 is 0 Å². The van der Waals surface area contributed by atoms with Crippen LogP contribution in [0, 0.1) is 11.8 Å². The maximum absolute atomic E-state index is 12.5. The van der Waals surface area contributed by atoms with Crippen LogP contribution < -0.4 is 5.32 Å². The number of amides is 2. The number of carbonyl (C=O) groups excluding carboxylic acids is 1. The summed E-state index contributed by atoms with van der Waals surface area (Å²) in [5.41, 5.74) is 0. The van der Waals surface area contributed by atoms with Crippen LogP contribution in [0.3, 0.4) is 0 Å². The van der Waals surface area contributed by atoms with Crippen LogP contribution in [-0.4, -0.2) is 55.1 Å². The van der Waals surface area contributed by atoms with E-state index < -0.39 is 0 Å². The fourth-order valence-electron chi connectivity index (χ4n) is 3.13. The Bertz CT molecular complexity index is 281. The summed E-state index contributed by atoms with van der Waals surface area (Å²) in [4.78, 5) is 16.6. The van der Waals surface area contributed by atoms with E-state index in [0.29, 0.717) is 5.92 Å². The summed E-state index contributed by atoms with van der Waals surface area (Å²) in [6.45, 7) is 10.2. The van der Waals surface area contributed by atoms with Crippen LogP contribution in [0.2, 0.25) is 0 Å². The molecule has 2 fully saturated rings. The number of hydrogen-bond donors (Lipinski definition) is 1. The van der Waals surface area contributed by atoms with Crippen molar-refractivity contribution in [2.75, 3.05) is 39.3 Å². The van der Waals surface area contributed by atoms with Gasteiger partial charge in [0.05, 0.1) is 0 Å². The van der Waals surface area contributed by atoms with Gasteiger partial charge in [0.25, 0.3) is 0 Å². The predicted molar refractivity (Wildman–Crippen MR) is 78.2 cm³/mol. The number of nitrogens with one attached hydrogen (secondary N) is 1. The van der Waals surface area contributed by atoms with Crippen molar-refractivity contribution in [3.63, 3.8) is 0 Å². The quantitative estimate of drug-likeness (QED) is 0.850. The molecule has 2 heterocycles. The van der Waals surface area contributed by atoms with Crippen molar-refractivity contribution in [2.45, 2.75) is 39.5 Å². The van der Waals surface area contributed by atoms with Gasteiger partial charge in [-0.2, -0.15) is 0 Å². The van der Waals surface area contributed by atoms with Crippen molar-refractivity contribution in [2.24, 2.45) is 11.8 Å². The largest absolute Gasteiger partial charge is 0.325 e. The smallest absolute Gasteiger partial charge is 0.319 e. The Hall–Kier alpha value is -0.770. The van der Waals surface area contributed by atoms with E-state index in [1.165, 1.54) is 12.8 Å². The Balaban J connectivity index is 1.83. The van der Waals surface area contributed by atoms with Gasteiger partial charge in [0, 0.05) is 26.2 Å². The summed E-state index contributed by atoms with van der Waals surface area (Å²) in [5.74, 6) is 1.42. The average Bonchev–Trinajstić information content (AvgIpc) is 2.46. The number of carbonyl (C=O) groups is 1. The highest BCUT2D eigenvalue weighted by molar-refractivity contribution is 5.74. The number of likely N-dealkylation sites (tertiary alicyclic amines) is 1. The van der Waals surface area contributed by atoms with Crippen molar-refractivity contribution in [3.05, 3.63) is 0 Å². The summed E-state index contributed by atoms with van der Waals surface area (Å²) in [5, 5.41) is 3.44. The molecule has 0 aliphatic carbocycles. The van der Waals surface area contributed by atoms with Gasteiger partial charge in [0.15, 0.2) is 0 Å². The second-order valence-electron chi connectivity index (χ2n) is 6.20. The molecule has 0 spiro atoms. The normalized spacial score (nSPS) is 25.4. The van der Waals surface area contributed by atoms with E-state index in [4.69, 9.17) is 0 Å². The third kappa shape index (κ3) is 4.10. The van der Waals surface area contributed by atoms with Crippen molar-refractivity contribution in [3.8, 4) is 0 Å². The lowest BCUT2D eigenvalue weighted by Gasteiger charge is -2.36. The number of nitrogens with zero attached hydrogens (tertiary/aromatic N) is 2. The monoisotopic (exact) mass is 267 g/mol. The number of hydrogen-bond acceptors (Lipinski definition) is 2. The van der Waals surface area contributed by atoms with E-state index in [9.17, 15) is 4.79 Å². The predicted octanol–water partition coefficient (Wildman–Crippen LogP) is 2.16. The van der Waals surface area contributed by atoms with Gasteiger partial charge in [-0.1, -0.05) is 6.92 Å². The molecule has 0 aromatic rings. The molecule has 2 rings (SSSR count). The van der Waals surface area contributed by atoms with Gasteiger partial charge in [-0.3, -0.25) is 0 Å². The molecular formula is C15H29N3O. The maximum Gasteiger partial charge on any atom is 0.319 e. The molecule has 2 amide bonds. The Kier molecular flexibility index (Phi) is 5.49. The van der Waals surface area contributed by atoms with Gasteiger partial charge in [-0.15, -0.1) is 0 Å². The zero-order valence-corrected chi connectivity index (χ0v) is 12.5. The Morgan fingerprint density at radius 2 is 2.05 bits per heavy atom. The Morgan fingerprint density at radius 3 is 2.63 bits per heavy atom. The third-order valence-corrected chi connectivity index (χ3v) is 4.58. The molecule has 4 heteroatoms. The minimum absolute atomic E-state index is 0.264. The first-order valence-electron chi connectivity index (χ1n) is 7.95. The topological polar surface area (TPSA) is 35.6 Å². The highest BCUT2D eigenvalue weighted by Crippen LogP contribution is 2.18. The summed E-state index contributed by atoms with van der Waals surface area (Å²) < 4.78 is 0. The Morgan fingerprint density at radius 1 is 1.32 bits per heavy atom. The first-order chi connectivity index (χ1) is 9.20. The molecule has 1 N–H and O–H groups in total. The summed E-state index contributed by atoms with van der Waals surface area (Å²) >= 11 is 0. The van der Waals surface area contributed by atoms with Gasteiger partial charge in [0.1, 0.15) is 0 Å². The van der Waals surface area contributed by atoms with E-state index in [1.807, 2.05) is 4.90 Å². The molecule has 2 aliphatic rings. The zero-order chi connectivity index (χ0) is 13.7. The van der Waals surface area contributed by atoms with Crippen LogP contribution in [-0.2, 0) is 0 Å². The molecule has 1 unspecified atom stereocenters. The van der Waals surface area contributed by atoms with Gasteiger partial charge < -0.3 is 15.1 Å². The van der Waals surface area contributed by atoms with Crippen LogP contribution in [0.5, 0.6) is 0 Å². The van der Waals surface area contributed by atoms with Crippen molar-refractivity contribution < 1.29 is 4.79 Å². The lowest BCUT2D eigenvalue weighted by atomic mass is 9.98. The second-order valence-corrected chi connectivity index (χ2v) is 6.20. The summed E-state index contributed by atoms with van der Waals surface area (Å²) in [6.07, 6.45) is 4.83. The van der Waals surface area contributed by atoms with E-state index in [0.717, 1.165) is 58.0 Å². The zero-order valence-electron chi connectivity index (χ0n) is 12.5. The molecule has 0 aromatic heterocycles. The third-order valence-electron chi connectivity index (χ3n) is 4.58. The highest BCUT2D eigenvalue weighted by Gasteiger charge is 2.26. The van der Waals surface area contributed by atoms with Gasteiger partial charge in [0.2, 0.25) is 0 Å². The van der Waals surface area contributed by atoms with Gasteiger partial charge in [-0.05, 0) is 57.5 Å². The highest BCUT2D eigenvalue weighted by atomic mass is 16.2. The summed E-state index contributed by atoms with van der Waals surface area (Å²) in [6, 6.07) is 0.264. The van der Waals surface area contributed by atoms with E-state index in [2.05, 4.69) is 24.1 Å². The van der Waals surface area contributed by atoms with Crippen LogP contribution in [0.4, 0.5) is 4.79 Å². The first kappa shape index (κ1) is 14.6. The van der Waals surface area contributed by atoms with Crippen molar-refractivity contribution in [1.82, 2.24) is 15.1 Å². The number of piperidine rings is 2. The van der Waals surface area contributed by atoms with Gasteiger partial charge in [-0.25, -0.2) is 4.79 Å².